The van der Waals surface area contributed by atoms with Crippen molar-refractivity contribution in [2.45, 2.75) is 25.2 Å². The molecule has 6 nitrogen and oxygen atoms in total. The number of hydrogen-bond acceptors (Lipinski definition) is 5. The van der Waals surface area contributed by atoms with Gasteiger partial charge in [0.05, 0.1) is 0 Å². The molecule has 1 N–H and O–H groups in total. The monoisotopic (exact) mass is 349 g/mol. The van der Waals surface area contributed by atoms with Crippen LogP contribution in [0.3, 0.4) is 0 Å². The second-order valence-electron chi connectivity index (χ2n) is 5.66. The van der Waals surface area contributed by atoms with E-state index in [9.17, 15) is 13.6 Å². The summed E-state index contributed by atoms with van der Waals surface area (Å²) in [5.41, 5.74) is 0.0862. The smallest absolute Gasteiger partial charge is 0.251 e. The minimum Gasteiger partial charge on any atom is -0.352 e. The average molecular weight is 349 g/mol. The van der Waals surface area contributed by atoms with Crippen LogP contribution in [-0.2, 0) is 6.42 Å². The van der Waals surface area contributed by atoms with Crippen LogP contribution in [0.2, 0.25) is 0 Å². The number of hydrogen-bond donors (Lipinski definition) is 1. The van der Waals surface area contributed by atoms with Gasteiger partial charge in [-0.3, -0.25) is 4.79 Å². The SMILES string of the molecule is O=C(NCCc1nn2c(C3CC3)nnc2s1)c1ccc(F)c(F)c1. The summed E-state index contributed by atoms with van der Waals surface area (Å²) in [6.07, 6.45) is 2.78. The second kappa shape index (κ2) is 5.90. The molecule has 0 aliphatic heterocycles. The summed E-state index contributed by atoms with van der Waals surface area (Å²) in [6.45, 7) is 0.348. The highest BCUT2D eigenvalue weighted by Crippen LogP contribution is 2.39. The van der Waals surface area contributed by atoms with Crippen LogP contribution < -0.4 is 5.32 Å². The van der Waals surface area contributed by atoms with E-state index < -0.39 is 17.5 Å². The van der Waals surface area contributed by atoms with E-state index in [2.05, 4.69) is 20.6 Å². The minimum absolute atomic E-state index is 0.0862. The number of fused-ring (bicyclic) bond motifs is 1. The highest BCUT2D eigenvalue weighted by molar-refractivity contribution is 7.16. The van der Waals surface area contributed by atoms with Gasteiger partial charge in [-0.1, -0.05) is 11.3 Å². The summed E-state index contributed by atoms with van der Waals surface area (Å²) < 4.78 is 27.8. The Morgan fingerprint density at radius 3 is 2.88 bits per heavy atom. The van der Waals surface area contributed by atoms with Gasteiger partial charge in [-0.15, -0.1) is 10.2 Å². The zero-order chi connectivity index (χ0) is 16.7. The Morgan fingerprint density at radius 1 is 1.29 bits per heavy atom. The summed E-state index contributed by atoms with van der Waals surface area (Å²) in [4.78, 5) is 12.7. The Bertz CT molecular complexity index is 918. The van der Waals surface area contributed by atoms with Crippen molar-refractivity contribution in [3.63, 3.8) is 0 Å². The molecule has 124 valence electrons. The number of benzene rings is 1. The third-order valence-corrected chi connectivity index (χ3v) is 4.76. The van der Waals surface area contributed by atoms with Gasteiger partial charge in [-0.2, -0.15) is 9.61 Å². The van der Waals surface area contributed by atoms with E-state index in [4.69, 9.17) is 0 Å². The van der Waals surface area contributed by atoms with Gasteiger partial charge in [0, 0.05) is 24.4 Å². The van der Waals surface area contributed by atoms with Gasteiger partial charge in [0.25, 0.3) is 5.91 Å². The van der Waals surface area contributed by atoms with Crippen molar-refractivity contribution in [1.29, 1.82) is 0 Å². The summed E-state index contributed by atoms with van der Waals surface area (Å²) in [7, 11) is 0. The van der Waals surface area contributed by atoms with Gasteiger partial charge < -0.3 is 5.32 Å². The quantitative estimate of drug-likeness (QED) is 0.767. The number of rotatable bonds is 5. The molecule has 1 aliphatic rings. The fraction of sp³-hybridized carbons (Fsp3) is 0.333. The number of nitrogens with zero attached hydrogens (tertiary/aromatic N) is 4. The van der Waals surface area contributed by atoms with Crippen LogP contribution in [0.4, 0.5) is 8.78 Å². The molecule has 3 aromatic rings. The van der Waals surface area contributed by atoms with Crippen LogP contribution in [0.15, 0.2) is 18.2 Å². The van der Waals surface area contributed by atoms with E-state index in [1.54, 1.807) is 4.52 Å². The Labute approximate surface area is 139 Å². The molecule has 0 radical (unpaired) electrons. The Hall–Kier alpha value is -2.42. The summed E-state index contributed by atoms with van der Waals surface area (Å²) in [5.74, 6) is -1.10. The lowest BCUT2D eigenvalue weighted by atomic mass is 10.2. The van der Waals surface area contributed by atoms with Gasteiger partial charge in [-0.25, -0.2) is 8.78 Å². The predicted octanol–water partition coefficient (Wildman–Crippen LogP) is 2.31. The van der Waals surface area contributed by atoms with Crippen LogP contribution in [0, 0.1) is 11.6 Å². The number of carbonyl (C=O) groups is 1. The maximum Gasteiger partial charge on any atom is 0.251 e. The minimum atomic E-state index is -1.04. The molecule has 1 amide bonds. The van der Waals surface area contributed by atoms with Crippen LogP contribution in [0.5, 0.6) is 0 Å². The molecule has 1 aromatic carbocycles. The van der Waals surface area contributed by atoms with E-state index >= 15 is 0 Å². The first kappa shape index (κ1) is 15.1. The molecule has 0 spiro atoms. The van der Waals surface area contributed by atoms with Crippen molar-refractivity contribution < 1.29 is 13.6 Å². The van der Waals surface area contributed by atoms with Gasteiger partial charge in [0.1, 0.15) is 5.01 Å². The predicted molar refractivity (Wildman–Crippen MR) is 83.0 cm³/mol. The fourth-order valence-electron chi connectivity index (χ4n) is 2.39. The number of amides is 1. The Morgan fingerprint density at radius 2 is 2.12 bits per heavy atom. The summed E-state index contributed by atoms with van der Waals surface area (Å²) in [6, 6.07) is 3.07. The van der Waals surface area contributed by atoms with Crippen LogP contribution in [0.25, 0.3) is 4.96 Å². The highest BCUT2D eigenvalue weighted by Gasteiger charge is 2.29. The Balaban J connectivity index is 1.38. The number of halogens is 2. The molecular formula is C15H13F2N5OS. The van der Waals surface area contributed by atoms with Crippen LogP contribution in [0.1, 0.15) is 39.9 Å². The van der Waals surface area contributed by atoms with E-state index in [1.807, 2.05) is 0 Å². The van der Waals surface area contributed by atoms with E-state index in [0.717, 1.165) is 40.8 Å². The molecule has 9 heteroatoms. The number of aromatic nitrogens is 4. The standard InChI is InChI=1S/C15H13F2N5OS/c16-10-4-3-9(7-11(10)17)14(23)18-6-5-12-21-22-13(8-1-2-8)19-20-15(22)24-12/h3-4,7-8H,1-2,5-6H2,(H,18,23). The van der Waals surface area contributed by atoms with E-state index in [1.165, 1.54) is 17.4 Å². The van der Waals surface area contributed by atoms with Gasteiger partial charge in [0.15, 0.2) is 17.5 Å². The average Bonchev–Trinajstić information content (AvgIpc) is 3.20. The lowest BCUT2D eigenvalue weighted by Gasteiger charge is -2.04. The maximum absolute atomic E-state index is 13.1. The molecule has 1 saturated carbocycles. The molecule has 0 bridgehead atoms. The van der Waals surface area contributed by atoms with Gasteiger partial charge in [-0.05, 0) is 31.0 Å². The van der Waals surface area contributed by atoms with Crippen molar-refractivity contribution in [3.05, 3.63) is 46.2 Å². The zero-order valence-electron chi connectivity index (χ0n) is 12.5. The Kier molecular flexibility index (Phi) is 3.72. The molecule has 0 unspecified atom stereocenters. The molecule has 4 rings (SSSR count). The first-order valence-corrected chi connectivity index (χ1v) is 8.38. The van der Waals surface area contributed by atoms with Gasteiger partial charge in [0.2, 0.25) is 4.96 Å². The first-order valence-electron chi connectivity index (χ1n) is 7.56. The van der Waals surface area contributed by atoms with Crippen molar-refractivity contribution >= 4 is 22.2 Å². The van der Waals surface area contributed by atoms with E-state index in [-0.39, 0.29) is 5.56 Å². The van der Waals surface area contributed by atoms with Crippen molar-refractivity contribution in [3.8, 4) is 0 Å². The third-order valence-electron chi connectivity index (χ3n) is 3.81. The molecule has 0 atom stereocenters. The first-order chi connectivity index (χ1) is 11.6. The van der Waals surface area contributed by atoms with Crippen molar-refractivity contribution in [2.24, 2.45) is 0 Å². The molecule has 1 aliphatic carbocycles. The summed E-state index contributed by atoms with van der Waals surface area (Å²) >= 11 is 1.43. The lowest BCUT2D eigenvalue weighted by Crippen LogP contribution is -2.25. The van der Waals surface area contributed by atoms with Crippen molar-refractivity contribution in [1.82, 2.24) is 25.1 Å². The summed E-state index contributed by atoms with van der Waals surface area (Å²) in [5, 5.41) is 16.3. The van der Waals surface area contributed by atoms with E-state index in [0.29, 0.717) is 18.9 Å². The molecule has 2 aromatic heterocycles. The maximum atomic E-state index is 13.1. The fourth-order valence-corrected chi connectivity index (χ4v) is 3.23. The lowest BCUT2D eigenvalue weighted by molar-refractivity contribution is 0.0953. The zero-order valence-corrected chi connectivity index (χ0v) is 13.3. The largest absolute Gasteiger partial charge is 0.352 e. The number of carbonyl (C=O) groups excluding carboxylic acids is 1. The third kappa shape index (κ3) is 2.86. The molecule has 24 heavy (non-hydrogen) atoms. The topological polar surface area (TPSA) is 72.2 Å². The number of nitrogens with one attached hydrogen (secondary N) is 1. The molecule has 0 saturated heterocycles. The molecule has 2 heterocycles. The van der Waals surface area contributed by atoms with Crippen LogP contribution in [-0.4, -0.2) is 32.3 Å². The second-order valence-corrected chi connectivity index (χ2v) is 6.70. The van der Waals surface area contributed by atoms with Crippen molar-refractivity contribution in [2.75, 3.05) is 6.54 Å². The molecule has 1 fully saturated rings. The normalized spacial score (nSPS) is 14.2. The van der Waals surface area contributed by atoms with Crippen LogP contribution >= 0.6 is 11.3 Å². The molecular weight excluding hydrogens is 336 g/mol. The van der Waals surface area contributed by atoms with Gasteiger partial charge >= 0.3 is 0 Å². The highest BCUT2D eigenvalue weighted by atomic mass is 32.1.